The van der Waals surface area contributed by atoms with Gasteiger partial charge in [-0.15, -0.1) is 80.4 Å². The van der Waals surface area contributed by atoms with E-state index in [9.17, 15) is 0 Å². The van der Waals surface area contributed by atoms with E-state index >= 15 is 0 Å². The lowest BCUT2D eigenvalue weighted by Gasteiger charge is -2.39. The Kier molecular flexibility index (Phi) is 19.9. The average Bonchev–Trinajstić information content (AvgIpc) is 2.25. The summed E-state index contributed by atoms with van der Waals surface area (Å²) in [6.45, 7) is -0.539. The molecule has 0 aromatic carbocycles. The van der Waals surface area contributed by atoms with Gasteiger partial charge >= 0.3 is 0 Å². The second kappa shape index (κ2) is 14.3. The lowest BCUT2D eigenvalue weighted by atomic mass is 13.9. The Balaban J connectivity index is 5.40. The van der Waals surface area contributed by atoms with E-state index in [0.29, 0.717) is 0 Å². The lowest BCUT2D eigenvalue weighted by molar-refractivity contribution is 2.10. The molecule has 19 heavy (non-hydrogen) atoms. The molecule has 0 saturated carbocycles. The van der Waals surface area contributed by atoms with Crippen LogP contribution in [0, 0.1) is 0 Å². The van der Waals surface area contributed by atoms with Crippen molar-refractivity contribution in [1.82, 2.24) is 0 Å². The van der Waals surface area contributed by atoms with Crippen molar-refractivity contribution >= 4 is 149 Å². The summed E-state index contributed by atoms with van der Waals surface area (Å²) in [4.78, 5) is 0. The largest absolute Gasteiger partial charge is 0.185 e. The van der Waals surface area contributed by atoms with Gasteiger partial charge in [0.25, 0.3) is 0 Å². The molecule has 12 atom stereocenters. The third kappa shape index (κ3) is 9.89. The van der Waals surface area contributed by atoms with Crippen LogP contribution in [0.1, 0.15) is 0 Å². The van der Waals surface area contributed by atoms with Crippen LogP contribution >= 0.6 is 137 Å². The van der Waals surface area contributed by atoms with Gasteiger partial charge < -0.3 is 0 Å². The second-order valence-electron chi connectivity index (χ2n) is 2.73. The molecule has 19 heteroatoms. The van der Waals surface area contributed by atoms with Gasteiger partial charge in [0.15, 0.2) is 0 Å². The molecular formula is H18NP17S. The second-order valence-corrected chi connectivity index (χ2v) is 68.9. The van der Waals surface area contributed by atoms with E-state index in [0.717, 1.165) is 0 Å². The molecular weight excluding hydrogens is 573 g/mol. The Morgan fingerprint density at radius 3 is 1.16 bits per heavy atom. The first-order valence-electron chi connectivity index (χ1n) is 4.11. The number of rotatable bonds is 8. The van der Waals surface area contributed by atoms with Crippen LogP contribution in [0.4, 0.5) is 0 Å². The summed E-state index contributed by atoms with van der Waals surface area (Å²) in [6.07, 6.45) is 0. The molecule has 0 saturated heterocycles. The molecule has 0 aliphatic carbocycles. The van der Waals surface area contributed by atoms with Gasteiger partial charge in [-0.2, -0.15) is 4.13 Å². The van der Waals surface area contributed by atoms with Crippen molar-refractivity contribution in [2.45, 2.75) is 0 Å². The molecule has 0 aliphatic rings. The van der Waals surface area contributed by atoms with E-state index in [1.165, 1.54) is 0 Å². The van der Waals surface area contributed by atoms with Crippen molar-refractivity contribution in [3.8, 4) is 0 Å². The summed E-state index contributed by atoms with van der Waals surface area (Å²) >= 11 is 5.25. The molecule has 0 aliphatic heterocycles. The maximum atomic E-state index is 5.25. The smallest absolute Gasteiger partial charge is 0.0989 e. The Morgan fingerprint density at radius 1 is 0.579 bits per heavy atom. The van der Waals surface area contributed by atoms with E-state index in [1.807, 2.05) is 0 Å². The Bertz CT molecular complexity index is 250. The van der Waals surface area contributed by atoms with Gasteiger partial charge in [-0.3, -0.25) is 0 Å². The summed E-state index contributed by atoms with van der Waals surface area (Å²) in [5, 5.41) is 0. The molecule has 114 valence electrons. The van der Waals surface area contributed by atoms with E-state index in [-0.39, 0.29) is 56.4 Å². The molecule has 0 aromatic heterocycles. The Hall–Kier alpha value is 7.33. The van der Waals surface area contributed by atoms with Gasteiger partial charge in [-0.25, -0.2) is 0 Å². The van der Waals surface area contributed by atoms with Crippen LogP contribution in [0.2, 0.25) is 0 Å². The van der Waals surface area contributed by atoms with Crippen LogP contribution in [0.25, 0.3) is 0 Å². The van der Waals surface area contributed by atoms with Gasteiger partial charge in [0.1, 0.15) is 0 Å². The van der Waals surface area contributed by atoms with Gasteiger partial charge in [0, 0.05) is 26.4 Å². The molecule has 0 N–H and O–H groups in total. The molecule has 0 spiro atoms. The highest BCUT2D eigenvalue weighted by atomic mass is 33.3. The standard InChI is InChI=1S/H18NP17S/c2-12(3)16(10)18(15(8)9)11(1-19)17(13(4)5)14(6)7/h2-10H2. The van der Waals surface area contributed by atoms with Crippen LogP contribution in [0.3, 0.4) is 0 Å². The fourth-order valence-corrected chi connectivity index (χ4v) is 158. The lowest BCUT2D eigenvalue weighted by Crippen LogP contribution is -1.57. The van der Waals surface area contributed by atoms with Gasteiger partial charge in [-0.05, 0) is 34.9 Å². The van der Waals surface area contributed by atoms with E-state index in [2.05, 4.69) is 84.5 Å². The highest BCUT2D eigenvalue weighted by Gasteiger charge is 2.39. The zero-order valence-electron chi connectivity index (χ0n) is 9.63. The van der Waals surface area contributed by atoms with Gasteiger partial charge in [0.2, 0.25) is 0 Å². The van der Waals surface area contributed by atoms with Crippen LogP contribution in [0.15, 0.2) is 4.13 Å². The quantitative estimate of drug-likeness (QED) is 0.256. The van der Waals surface area contributed by atoms with Crippen molar-refractivity contribution in [1.29, 1.82) is 0 Å². The number of hydrogen-bond donors (Lipinski definition) is 0. The molecule has 0 radical (unpaired) electrons. The first-order valence-corrected chi connectivity index (χ1v) is 34.7. The molecule has 0 heterocycles. The zero-order valence-corrected chi connectivity index (χ0v) is 28.0. The van der Waals surface area contributed by atoms with E-state index in [1.54, 1.807) is 0 Å². The van der Waals surface area contributed by atoms with Crippen LogP contribution in [-0.4, -0.2) is 0 Å². The minimum atomic E-state index is -0.347. The van der Waals surface area contributed by atoms with Crippen molar-refractivity contribution in [2.24, 2.45) is 4.13 Å². The van der Waals surface area contributed by atoms with Gasteiger partial charge in [0.05, 0.1) is 7.45 Å². The summed E-state index contributed by atoms with van der Waals surface area (Å²) < 4.78 is 4.53. The first-order chi connectivity index (χ1) is 8.64. The molecule has 0 rings (SSSR count). The third-order valence-electron chi connectivity index (χ3n) is 1.43. The Labute approximate surface area is 152 Å². The minimum Gasteiger partial charge on any atom is -0.185 e. The van der Waals surface area contributed by atoms with E-state index in [4.69, 9.17) is 12.4 Å². The maximum absolute atomic E-state index is 5.25. The summed E-state index contributed by atoms with van der Waals surface area (Å²) in [7, 11) is 27.0. The zero-order chi connectivity index (χ0) is 15.3. The van der Waals surface area contributed by atoms with Crippen molar-refractivity contribution in [2.75, 3.05) is 0 Å². The van der Waals surface area contributed by atoms with Crippen LogP contribution in [-0.2, 0) is 12.4 Å². The minimum absolute atomic E-state index is 0.0420. The SMILES string of the molecule is PP(P)P(P)P(P(P)P)P(N=S)P(P(P)P)P(P)P. The predicted octanol–water partition coefficient (Wildman–Crippen LogP) is 10.0. The van der Waals surface area contributed by atoms with Crippen LogP contribution in [0.5, 0.6) is 0 Å². The molecule has 1 nitrogen and oxygen atoms in total. The number of nitrogens with zero attached hydrogens (tertiary/aromatic N) is 1. The molecule has 0 bridgehead atoms. The normalized spacial score (nSPS) is 17.6. The average molecular weight is 591 g/mol. The molecule has 0 amide bonds. The predicted molar refractivity (Wildman–Crippen MR) is 153 cm³/mol. The number of hydrogen-bond acceptors (Lipinski definition) is 2. The van der Waals surface area contributed by atoms with Gasteiger partial charge in [-0.1, -0.05) is 0 Å². The fourth-order valence-electron chi connectivity index (χ4n) is 0.813. The van der Waals surface area contributed by atoms with Crippen molar-refractivity contribution < 1.29 is 0 Å². The van der Waals surface area contributed by atoms with Crippen molar-refractivity contribution in [3.63, 3.8) is 0 Å². The molecule has 0 aromatic rings. The molecule has 12 unspecified atom stereocenters. The summed E-state index contributed by atoms with van der Waals surface area (Å²) in [6, 6.07) is 0. The first kappa shape index (κ1) is 26.3. The maximum Gasteiger partial charge on any atom is 0.0989 e. The summed E-state index contributed by atoms with van der Waals surface area (Å²) in [5.41, 5.74) is 0. The van der Waals surface area contributed by atoms with Crippen molar-refractivity contribution in [3.05, 3.63) is 0 Å². The highest BCUT2D eigenvalue weighted by Crippen LogP contribution is 3.24. The monoisotopic (exact) mass is 591 g/mol. The van der Waals surface area contributed by atoms with E-state index < -0.39 is 0 Å². The topological polar surface area (TPSA) is 12.4 Å². The highest BCUT2D eigenvalue weighted by molar-refractivity contribution is 9.27. The summed E-state index contributed by atoms with van der Waals surface area (Å²) in [5.74, 6) is 0. The third-order valence-corrected chi connectivity index (χ3v) is 103. The van der Waals surface area contributed by atoms with Crippen LogP contribution < -0.4 is 0 Å². The fraction of sp³-hybridized carbons (Fsp3) is 0. The molecule has 0 fully saturated rings. The Morgan fingerprint density at radius 2 is 0.947 bits per heavy atom.